The first-order valence-electron chi connectivity index (χ1n) is 7.57. The van der Waals surface area contributed by atoms with Gasteiger partial charge < -0.3 is 9.67 Å². The second kappa shape index (κ2) is 6.45. The first kappa shape index (κ1) is 16.2. The Morgan fingerprint density at radius 1 is 1.22 bits per heavy atom. The fraction of sp³-hybridized carbons (Fsp3) is 0.375. The number of aromatic nitrogens is 1. The van der Waals surface area contributed by atoms with Gasteiger partial charge in [-0.25, -0.2) is 13.1 Å². The molecule has 0 saturated carbocycles. The fourth-order valence-corrected chi connectivity index (χ4v) is 3.96. The van der Waals surface area contributed by atoms with Crippen LogP contribution in [0.4, 0.5) is 0 Å². The molecule has 0 unspecified atom stereocenters. The van der Waals surface area contributed by atoms with Gasteiger partial charge in [-0.05, 0) is 49.9 Å². The van der Waals surface area contributed by atoms with E-state index in [2.05, 4.69) is 4.72 Å². The van der Waals surface area contributed by atoms with Crippen LogP contribution in [0.3, 0.4) is 0 Å². The van der Waals surface area contributed by atoms with E-state index in [9.17, 15) is 13.5 Å². The lowest BCUT2D eigenvalue weighted by Crippen LogP contribution is -2.38. The second-order valence-corrected chi connectivity index (χ2v) is 7.69. The summed E-state index contributed by atoms with van der Waals surface area (Å²) in [6, 6.07) is 10.6. The molecule has 1 aromatic carbocycles. The predicted octanol–water partition coefficient (Wildman–Crippen LogP) is 0.821. The highest BCUT2D eigenvalue weighted by atomic mass is 32.2. The van der Waals surface area contributed by atoms with Crippen molar-refractivity contribution in [3.63, 3.8) is 0 Å². The topological polar surface area (TPSA) is 74.6 Å². The number of likely N-dealkylation sites (N-methyl/N-ethyl adjacent to an activating group) is 1. The third-order valence-corrected chi connectivity index (χ3v) is 5.66. The van der Waals surface area contributed by atoms with Crippen LogP contribution < -0.4 is 4.72 Å². The monoisotopic (exact) mass is 335 g/mol. The summed E-state index contributed by atoms with van der Waals surface area (Å²) in [5.41, 5.74) is 0.910. The zero-order chi connectivity index (χ0) is 16.4. The van der Waals surface area contributed by atoms with E-state index in [1.807, 2.05) is 41.0 Å². The number of nitrogens with zero attached hydrogens (tertiary/aromatic N) is 2. The quantitative estimate of drug-likeness (QED) is 0.848. The number of sulfonamides is 1. The van der Waals surface area contributed by atoms with Crippen molar-refractivity contribution in [2.24, 2.45) is 0 Å². The van der Waals surface area contributed by atoms with E-state index in [0.29, 0.717) is 19.5 Å². The maximum atomic E-state index is 12.4. The van der Waals surface area contributed by atoms with Crippen LogP contribution in [-0.2, 0) is 10.0 Å². The minimum absolute atomic E-state index is 0.0268. The van der Waals surface area contributed by atoms with Crippen LogP contribution in [0, 0.1) is 0 Å². The third-order valence-electron chi connectivity index (χ3n) is 4.22. The minimum atomic E-state index is -3.54. The summed E-state index contributed by atoms with van der Waals surface area (Å²) in [5.74, 6) is 0. The van der Waals surface area contributed by atoms with Crippen molar-refractivity contribution >= 4 is 10.0 Å². The summed E-state index contributed by atoms with van der Waals surface area (Å²) in [5, 5.41) is 9.62. The number of benzene rings is 1. The normalized spacial score (nSPS) is 22.5. The number of nitrogens with one attached hydrogen (secondary N) is 1. The lowest BCUT2D eigenvalue weighted by atomic mass is 10.2. The molecule has 1 saturated heterocycles. The zero-order valence-electron chi connectivity index (χ0n) is 13.0. The van der Waals surface area contributed by atoms with Crippen molar-refractivity contribution in [1.29, 1.82) is 0 Å². The summed E-state index contributed by atoms with van der Waals surface area (Å²) in [4.78, 5) is 2.22. The summed E-state index contributed by atoms with van der Waals surface area (Å²) >= 11 is 0. The molecule has 23 heavy (non-hydrogen) atoms. The maximum Gasteiger partial charge on any atom is 0.240 e. The Bertz CT molecular complexity index is 741. The molecule has 2 heterocycles. The molecular weight excluding hydrogens is 314 g/mol. The Balaban J connectivity index is 1.67. The zero-order valence-corrected chi connectivity index (χ0v) is 13.8. The average Bonchev–Trinajstić information content (AvgIpc) is 3.15. The first-order chi connectivity index (χ1) is 11.0. The summed E-state index contributed by atoms with van der Waals surface area (Å²) in [7, 11) is -1.65. The molecule has 2 atom stereocenters. The van der Waals surface area contributed by atoms with Gasteiger partial charge in [-0.1, -0.05) is 0 Å². The van der Waals surface area contributed by atoms with Gasteiger partial charge in [0.05, 0.1) is 11.0 Å². The third kappa shape index (κ3) is 3.64. The van der Waals surface area contributed by atoms with Crippen molar-refractivity contribution in [1.82, 2.24) is 14.2 Å². The average molecular weight is 335 g/mol. The summed E-state index contributed by atoms with van der Waals surface area (Å²) < 4.78 is 29.3. The molecule has 2 N–H and O–H groups in total. The van der Waals surface area contributed by atoms with E-state index in [0.717, 1.165) is 5.69 Å². The number of aliphatic hydroxyl groups is 1. The predicted molar refractivity (Wildman–Crippen MR) is 88.0 cm³/mol. The molecule has 0 bridgehead atoms. The van der Waals surface area contributed by atoms with E-state index >= 15 is 0 Å². The molecule has 1 aliphatic rings. The second-order valence-electron chi connectivity index (χ2n) is 5.92. The largest absolute Gasteiger partial charge is 0.392 e. The van der Waals surface area contributed by atoms with Crippen LogP contribution in [0.2, 0.25) is 0 Å². The van der Waals surface area contributed by atoms with Crippen molar-refractivity contribution in [3.8, 4) is 5.69 Å². The van der Waals surface area contributed by atoms with Gasteiger partial charge in [0.25, 0.3) is 0 Å². The van der Waals surface area contributed by atoms with Crippen molar-refractivity contribution in [2.45, 2.75) is 23.5 Å². The Kier molecular flexibility index (Phi) is 4.54. The molecule has 6 nitrogen and oxygen atoms in total. The molecule has 0 spiro atoms. The molecule has 0 radical (unpaired) electrons. The van der Waals surface area contributed by atoms with Crippen molar-refractivity contribution < 1.29 is 13.5 Å². The molecular formula is C16H21N3O3S. The van der Waals surface area contributed by atoms with Crippen LogP contribution in [0.5, 0.6) is 0 Å². The highest BCUT2D eigenvalue weighted by Gasteiger charge is 2.29. The van der Waals surface area contributed by atoms with Gasteiger partial charge in [-0.2, -0.15) is 0 Å². The van der Waals surface area contributed by atoms with Crippen LogP contribution in [0.15, 0.2) is 53.7 Å². The summed E-state index contributed by atoms with van der Waals surface area (Å²) in [6.07, 6.45) is 4.02. The standard InChI is InChI=1S/C16H21N3O3S/c1-18-12-15(20)10-14(18)11-17-23(21,22)16-6-4-13(5-7-16)19-8-2-3-9-19/h2-9,14-15,17,20H,10-12H2,1H3/t14-,15+/m0/s1. The SMILES string of the molecule is CN1C[C@H](O)C[C@H]1CNS(=O)(=O)c1ccc(-n2cccc2)cc1. The smallest absolute Gasteiger partial charge is 0.240 e. The number of hydrogen-bond acceptors (Lipinski definition) is 4. The van der Waals surface area contributed by atoms with E-state index in [1.165, 1.54) is 0 Å². The number of likely N-dealkylation sites (tertiary alicyclic amines) is 1. The van der Waals surface area contributed by atoms with E-state index in [-0.39, 0.29) is 17.0 Å². The van der Waals surface area contributed by atoms with Crippen molar-refractivity contribution in [2.75, 3.05) is 20.1 Å². The molecule has 7 heteroatoms. The number of β-amino-alcohol motifs (C(OH)–C–C–N with tert-alkyl or cyclic N) is 1. The highest BCUT2D eigenvalue weighted by molar-refractivity contribution is 7.89. The number of aliphatic hydroxyl groups excluding tert-OH is 1. The number of rotatable bonds is 5. The first-order valence-corrected chi connectivity index (χ1v) is 9.05. The van der Waals surface area contributed by atoms with Gasteiger partial charge in [-0.3, -0.25) is 4.90 Å². The molecule has 1 fully saturated rings. The molecule has 1 aromatic heterocycles. The van der Waals surface area contributed by atoms with Crippen LogP contribution in [0.1, 0.15) is 6.42 Å². The van der Waals surface area contributed by atoms with Crippen LogP contribution in [-0.4, -0.2) is 55.3 Å². The fourth-order valence-electron chi connectivity index (χ4n) is 2.88. The lowest BCUT2D eigenvalue weighted by Gasteiger charge is -2.19. The van der Waals surface area contributed by atoms with Crippen LogP contribution >= 0.6 is 0 Å². The van der Waals surface area contributed by atoms with Crippen LogP contribution in [0.25, 0.3) is 5.69 Å². The molecule has 0 amide bonds. The van der Waals surface area contributed by atoms with Gasteiger partial charge in [0.15, 0.2) is 0 Å². The Morgan fingerprint density at radius 3 is 2.43 bits per heavy atom. The molecule has 2 aromatic rings. The molecule has 0 aliphatic carbocycles. The lowest BCUT2D eigenvalue weighted by molar-refractivity contribution is 0.182. The van der Waals surface area contributed by atoms with Gasteiger partial charge in [0.1, 0.15) is 0 Å². The Hall–Kier alpha value is -1.67. The minimum Gasteiger partial charge on any atom is -0.392 e. The van der Waals surface area contributed by atoms with E-state index < -0.39 is 10.0 Å². The Labute approximate surface area is 136 Å². The van der Waals surface area contributed by atoms with E-state index in [1.54, 1.807) is 24.3 Å². The molecule has 3 rings (SSSR count). The van der Waals surface area contributed by atoms with Gasteiger partial charge in [0, 0.05) is 37.2 Å². The molecule has 1 aliphatic heterocycles. The summed E-state index contributed by atoms with van der Waals surface area (Å²) in [6.45, 7) is 0.882. The van der Waals surface area contributed by atoms with Gasteiger partial charge in [0.2, 0.25) is 10.0 Å². The van der Waals surface area contributed by atoms with E-state index in [4.69, 9.17) is 0 Å². The highest BCUT2D eigenvalue weighted by Crippen LogP contribution is 2.17. The van der Waals surface area contributed by atoms with Gasteiger partial charge >= 0.3 is 0 Å². The van der Waals surface area contributed by atoms with Gasteiger partial charge in [-0.15, -0.1) is 0 Å². The number of hydrogen-bond donors (Lipinski definition) is 2. The molecule has 124 valence electrons. The van der Waals surface area contributed by atoms with Crippen molar-refractivity contribution in [3.05, 3.63) is 48.8 Å². The maximum absolute atomic E-state index is 12.4. The Morgan fingerprint density at radius 2 is 1.87 bits per heavy atom.